The van der Waals surface area contributed by atoms with Crippen LogP contribution in [0.1, 0.15) is 29.6 Å². The molecule has 3 heteroatoms. The number of Topliss-reactive ketones (excluding diaryl/α,β-unsaturated/α-hetero) is 1. The molecule has 3 nitrogen and oxygen atoms in total. The van der Waals surface area contributed by atoms with Gasteiger partial charge in [0.15, 0.2) is 5.78 Å². The van der Waals surface area contributed by atoms with E-state index in [0.717, 1.165) is 6.42 Å². The Morgan fingerprint density at radius 2 is 1.94 bits per heavy atom. The highest BCUT2D eigenvalue weighted by Crippen LogP contribution is 2.11. The van der Waals surface area contributed by atoms with Crippen LogP contribution in [0.25, 0.3) is 0 Å². The zero-order valence-corrected chi connectivity index (χ0v) is 9.75. The third kappa shape index (κ3) is 4.13. The lowest BCUT2D eigenvalue weighted by Crippen LogP contribution is -2.33. The van der Waals surface area contributed by atoms with Crippen LogP contribution >= 0.6 is 0 Å². The summed E-state index contributed by atoms with van der Waals surface area (Å²) >= 11 is 0. The van der Waals surface area contributed by atoms with Crippen LogP contribution in [0.5, 0.6) is 0 Å². The molecule has 0 unspecified atom stereocenters. The van der Waals surface area contributed by atoms with Gasteiger partial charge < -0.3 is 10.2 Å². The summed E-state index contributed by atoms with van der Waals surface area (Å²) in [5.41, 5.74) is 0.419. The van der Waals surface area contributed by atoms with Crippen LogP contribution in [0, 0.1) is 0 Å². The van der Waals surface area contributed by atoms with Gasteiger partial charge in [0.05, 0.1) is 6.10 Å². The summed E-state index contributed by atoms with van der Waals surface area (Å²) in [4.78, 5) is 11.8. The van der Waals surface area contributed by atoms with E-state index in [1.807, 2.05) is 0 Å². The van der Waals surface area contributed by atoms with E-state index < -0.39 is 18.0 Å². The van der Waals surface area contributed by atoms with Crippen LogP contribution < -0.4 is 0 Å². The minimum Gasteiger partial charge on any atom is -0.390 e. The van der Waals surface area contributed by atoms with Gasteiger partial charge in [-0.05, 0) is 19.3 Å². The maximum absolute atomic E-state index is 11.8. The first-order chi connectivity index (χ1) is 8.16. The van der Waals surface area contributed by atoms with E-state index in [-0.39, 0.29) is 0 Å². The molecule has 0 amide bonds. The summed E-state index contributed by atoms with van der Waals surface area (Å²) in [6, 6.07) is 8.50. The van der Waals surface area contributed by atoms with Gasteiger partial charge in [0.1, 0.15) is 6.10 Å². The van der Waals surface area contributed by atoms with Crippen molar-refractivity contribution in [1.29, 1.82) is 0 Å². The number of rotatable bonds is 7. The molecule has 0 spiro atoms. The van der Waals surface area contributed by atoms with Crippen molar-refractivity contribution in [2.24, 2.45) is 0 Å². The van der Waals surface area contributed by atoms with Gasteiger partial charge in [-0.3, -0.25) is 4.79 Å². The van der Waals surface area contributed by atoms with Crippen LogP contribution in [0.3, 0.4) is 0 Å². The van der Waals surface area contributed by atoms with E-state index in [9.17, 15) is 15.0 Å². The van der Waals surface area contributed by atoms with Crippen molar-refractivity contribution in [3.05, 3.63) is 48.6 Å². The fraction of sp³-hybridized carbons (Fsp3) is 0.357. The van der Waals surface area contributed by atoms with Gasteiger partial charge >= 0.3 is 0 Å². The standard InChI is InChI=1S/C14H18O3/c1-2-3-5-10-12(15)14(17)13(16)11-8-6-4-7-9-11/h2,4,6-9,12,14-15,17H,1,3,5,10H2/t12-,14+/m1/s1. The smallest absolute Gasteiger partial charge is 0.193 e. The Balaban J connectivity index is 2.54. The fourth-order valence-corrected chi connectivity index (χ4v) is 1.58. The second-order valence-corrected chi connectivity index (χ2v) is 3.96. The molecule has 0 heterocycles. The summed E-state index contributed by atoms with van der Waals surface area (Å²) in [6.45, 7) is 3.57. The summed E-state index contributed by atoms with van der Waals surface area (Å²) in [5, 5.41) is 19.4. The van der Waals surface area contributed by atoms with Crippen LogP contribution in [0.2, 0.25) is 0 Å². The molecular formula is C14H18O3. The number of ketones is 1. The SMILES string of the molecule is C=CCCC[C@@H](O)[C@H](O)C(=O)c1ccccc1. The van der Waals surface area contributed by atoms with Crippen molar-refractivity contribution in [3.63, 3.8) is 0 Å². The lowest BCUT2D eigenvalue weighted by molar-refractivity contribution is 0.0171. The van der Waals surface area contributed by atoms with Crippen LogP contribution in [-0.4, -0.2) is 28.2 Å². The highest BCUT2D eigenvalue weighted by Gasteiger charge is 2.24. The molecule has 0 aliphatic heterocycles. The fourth-order valence-electron chi connectivity index (χ4n) is 1.58. The first kappa shape index (κ1) is 13.6. The van der Waals surface area contributed by atoms with E-state index in [4.69, 9.17) is 0 Å². The minimum absolute atomic E-state index is 0.395. The molecule has 0 aromatic heterocycles. The van der Waals surface area contributed by atoms with Gasteiger partial charge in [-0.15, -0.1) is 6.58 Å². The zero-order valence-electron chi connectivity index (χ0n) is 9.75. The van der Waals surface area contributed by atoms with Crippen molar-refractivity contribution in [1.82, 2.24) is 0 Å². The van der Waals surface area contributed by atoms with Gasteiger partial charge in [-0.2, -0.15) is 0 Å². The van der Waals surface area contributed by atoms with Crippen LogP contribution in [0.4, 0.5) is 0 Å². The first-order valence-electron chi connectivity index (χ1n) is 5.73. The number of aliphatic hydroxyl groups excluding tert-OH is 2. The number of allylic oxidation sites excluding steroid dienone is 1. The molecule has 0 bridgehead atoms. The summed E-state index contributed by atoms with van der Waals surface area (Å²) < 4.78 is 0. The number of hydrogen-bond donors (Lipinski definition) is 2. The number of hydrogen-bond acceptors (Lipinski definition) is 3. The van der Waals surface area contributed by atoms with E-state index in [1.165, 1.54) is 0 Å². The Hall–Kier alpha value is -1.45. The molecule has 2 N–H and O–H groups in total. The summed E-state index contributed by atoms with van der Waals surface area (Å²) in [7, 11) is 0. The van der Waals surface area contributed by atoms with Gasteiger partial charge in [0.2, 0.25) is 0 Å². The number of carbonyl (C=O) groups excluding carboxylic acids is 1. The largest absolute Gasteiger partial charge is 0.390 e. The lowest BCUT2D eigenvalue weighted by Gasteiger charge is -2.16. The van der Waals surface area contributed by atoms with Crippen molar-refractivity contribution in [2.75, 3.05) is 0 Å². The number of aliphatic hydroxyl groups is 2. The topological polar surface area (TPSA) is 57.5 Å². The molecule has 0 aliphatic carbocycles. The molecule has 1 rings (SSSR count). The van der Waals surface area contributed by atoms with Crippen molar-refractivity contribution < 1.29 is 15.0 Å². The van der Waals surface area contributed by atoms with Gasteiger partial charge in [0, 0.05) is 5.56 Å². The normalized spacial score (nSPS) is 14.0. The number of carbonyl (C=O) groups is 1. The Morgan fingerprint density at radius 1 is 1.29 bits per heavy atom. The maximum atomic E-state index is 11.8. The first-order valence-corrected chi connectivity index (χ1v) is 5.73. The Labute approximate surface area is 101 Å². The maximum Gasteiger partial charge on any atom is 0.193 e. The zero-order chi connectivity index (χ0) is 12.7. The van der Waals surface area contributed by atoms with E-state index in [2.05, 4.69) is 6.58 Å². The number of unbranched alkanes of at least 4 members (excludes halogenated alkanes) is 1. The van der Waals surface area contributed by atoms with Crippen LogP contribution in [0.15, 0.2) is 43.0 Å². The molecule has 0 fully saturated rings. The Morgan fingerprint density at radius 3 is 2.53 bits per heavy atom. The molecule has 1 aromatic rings. The van der Waals surface area contributed by atoms with E-state index >= 15 is 0 Å². The number of benzene rings is 1. The molecule has 1 aromatic carbocycles. The van der Waals surface area contributed by atoms with E-state index in [0.29, 0.717) is 18.4 Å². The minimum atomic E-state index is -1.35. The predicted molar refractivity (Wildman–Crippen MR) is 66.8 cm³/mol. The quantitative estimate of drug-likeness (QED) is 0.430. The average Bonchev–Trinajstić information content (AvgIpc) is 2.38. The monoisotopic (exact) mass is 234 g/mol. The molecule has 92 valence electrons. The van der Waals surface area contributed by atoms with Crippen molar-refractivity contribution >= 4 is 5.78 Å². The third-order valence-electron chi connectivity index (χ3n) is 2.60. The van der Waals surface area contributed by atoms with Gasteiger partial charge in [-0.25, -0.2) is 0 Å². The Bertz CT molecular complexity index is 359. The molecule has 0 saturated carbocycles. The highest BCUT2D eigenvalue weighted by atomic mass is 16.3. The molecule has 2 atom stereocenters. The Kier molecular flexibility index (Phi) is 5.60. The molecular weight excluding hydrogens is 216 g/mol. The predicted octanol–water partition coefficient (Wildman–Crippen LogP) is 1.95. The third-order valence-corrected chi connectivity index (χ3v) is 2.60. The van der Waals surface area contributed by atoms with Crippen LogP contribution in [-0.2, 0) is 0 Å². The summed E-state index contributed by atoms with van der Waals surface area (Å²) in [6.07, 6.45) is 1.27. The van der Waals surface area contributed by atoms with E-state index in [1.54, 1.807) is 36.4 Å². The average molecular weight is 234 g/mol. The molecule has 17 heavy (non-hydrogen) atoms. The molecule has 0 radical (unpaired) electrons. The van der Waals surface area contributed by atoms with Crippen molar-refractivity contribution in [3.8, 4) is 0 Å². The summed E-state index contributed by atoms with van der Waals surface area (Å²) in [5.74, 6) is -0.434. The van der Waals surface area contributed by atoms with Gasteiger partial charge in [0.25, 0.3) is 0 Å². The lowest BCUT2D eigenvalue weighted by atomic mass is 9.99. The second kappa shape index (κ2) is 6.99. The molecule has 0 aliphatic rings. The van der Waals surface area contributed by atoms with Crippen molar-refractivity contribution in [2.45, 2.75) is 31.5 Å². The van der Waals surface area contributed by atoms with Gasteiger partial charge in [-0.1, -0.05) is 36.4 Å². The highest BCUT2D eigenvalue weighted by molar-refractivity contribution is 5.99. The second-order valence-electron chi connectivity index (χ2n) is 3.96. The molecule has 0 saturated heterocycles.